The number of nitrogens with zero attached hydrogens (tertiary/aromatic N) is 2. The van der Waals surface area contributed by atoms with E-state index in [1.54, 1.807) is 30.9 Å². The number of hydrogen-bond donors (Lipinski definition) is 1. The van der Waals surface area contributed by atoms with Crippen LogP contribution in [0.5, 0.6) is 0 Å². The van der Waals surface area contributed by atoms with Gasteiger partial charge in [0.25, 0.3) is 0 Å². The Morgan fingerprint density at radius 3 is 2.69 bits per heavy atom. The van der Waals surface area contributed by atoms with Crippen molar-refractivity contribution in [3.8, 4) is 0 Å². The molecule has 0 saturated heterocycles. The molecule has 0 unspecified atom stereocenters. The Balaban J connectivity index is 2.42. The van der Waals surface area contributed by atoms with E-state index in [-0.39, 0.29) is 5.69 Å². The monoisotopic (exact) mass is 223 g/mol. The van der Waals surface area contributed by atoms with Crippen LogP contribution in [0.1, 0.15) is 5.56 Å². The second kappa shape index (κ2) is 3.92. The summed E-state index contributed by atoms with van der Waals surface area (Å²) in [6, 6.07) is 2.62. The molecule has 0 aliphatic heterocycles. The van der Waals surface area contributed by atoms with E-state index in [9.17, 15) is 8.78 Å². The van der Waals surface area contributed by atoms with Gasteiger partial charge in [0.15, 0.2) is 5.82 Å². The first-order valence-corrected chi connectivity index (χ1v) is 4.78. The van der Waals surface area contributed by atoms with Crippen LogP contribution in [0, 0.1) is 18.6 Å². The Labute approximate surface area is 91.7 Å². The molecule has 0 aliphatic carbocycles. The topological polar surface area (TPSA) is 29.9 Å². The molecule has 1 aromatic carbocycles. The van der Waals surface area contributed by atoms with Crippen LogP contribution in [0.25, 0.3) is 0 Å². The summed E-state index contributed by atoms with van der Waals surface area (Å²) in [5, 5.41) is 2.63. The normalized spacial score (nSPS) is 10.5. The van der Waals surface area contributed by atoms with Gasteiger partial charge in [-0.15, -0.1) is 0 Å². The van der Waals surface area contributed by atoms with Gasteiger partial charge in [-0.05, 0) is 18.6 Å². The third kappa shape index (κ3) is 1.76. The molecular formula is C11H11F2N3. The molecule has 16 heavy (non-hydrogen) atoms. The molecular weight excluding hydrogens is 212 g/mol. The van der Waals surface area contributed by atoms with E-state index in [1.165, 1.54) is 12.1 Å². The number of hydrogen-bond acceptors (Lipinski definition) is 2. The number of nitrogens with one attached hydrogen (secondary N) is 1. The van der Waals surface area contributed by atoms with Crippen LogP contribution in [0.2, 0.25) is 0 Å². The predicted molar refractivity (Wildman–Crippen MR) is 57.6 cm³/mol. The number of benzene rings is 1. The van der Waals surface area contributed by atoms with Crippen molar-refractivity contribution in [3.05, 3.63) is 41.7 Å². The highest BCUT2D eigenvalue weighted by Gasteiger charge is 2.12. The van der Waals surface area contributed by atoms with Gasteiger partial charge in [0, 0.05) is 19.4 Å². The van der Waals surface area contributed by atoms with E-state index in [0.717, 1.165) is 0 Å². The highest BCUT2D eigenvalue weighted by molar-refractivity contribution is 5.56. The lowest BCUT2D eigenvalue weighted by molar-refractivity contribution is 0.584. The summed E-state index contributed by atoms with van der Waals surface area (Å²) in [5.41, 5.74) is 0.215. The lowest BCUT2D eigenvalue weighted by Gasteiger charge is -2.09. The third-order valence-corrected chi connectivity index (χ3v) is 2.34. The van der Waals surface area contributed by atoms with Crippen molar-refractivity contribution in [1.29, 1.82) is 0 Å². The first-order chi connectivity index (χ1) is 7.59. The van der Waals surface area contributed by atoms with Gasteiger partial charge in [0.05, 0.1) is 0 Å². The Morgan fingerprint density at radius 2 is 2.06 bits per heavy atom. The van der Waals surface area contributed by atoms with Crippen molar-refractivity contribution < 1.29 is 8.78 Å². The smallest absolute Gasteiger partial charge is 0.207 e. The van der Waals surface area contributed by atoms with Gasteiger partial charge in [0.1, 0.15) is 11.5 Å². The first-order valence-electron chi connectivity index (χ1n) is 4.78. The molecule has 2 rings (SSSR count). The average Bonchev–Trinajstić information content (AvgIpc) is 2.65. The molecule has 3 nitrogen and oxygen atoms in total. The van der Waals surface area contributed by atoms with Crippen molar-refractivity contribution in [1.82, 2.24) is 9.55 Å². The summed E-state index contributed by atoms with van der Waals surface area (Å²) in [7, 11) is 1.74. The van der Waals surface area contributed by atoms with Gasteiger partial charge in [-0.1, -0.05) is 6.07 Å². The van der Waals surface area contributed by atoms with Crippen LogP contribution < -0.4 is 5.32 Å². The Morgan fingerprint density at radius 1 is 1.31 bits per heavy atom. The number of aryl methyl sites for hydroxylation is 2. The van der Waals surface area contributed by atoms with Crippen molar-refractivity contribution in [2.24, 2.45) is 7.05 Å². The van der Waals surface area contributed by atoms with Gasteiger partial charge < -0.3 is 9.88 Å². The number of imidazole rings is 1. The number of halogens is 2. The molecule has 0 bridgehead atoms. The highest BCUT2D eigenvalue weighted by atomic mass is 19.1. The van der Waals surface area contributed by atoms with Crippen LogP contribution in [0.15, 0.2) is 24.5 Å². The molecule has 0 atom stereocenters. The number of rotatable bonds is 2. The summed E-state index contributed by atoms with van der Waals surface area (Å²) in [4.78, 5) is 3.94. The van der Waals surface area contributed by atoms with Gasteiger partial charge in [0.2, 0.25) is 5.95 Å². The Kier molecular flexibility index (Phi) is 2.60. The molecule has 0 amide bonds. The fourth-order valence-electron chi connectivity index (χ4n) is 1.37. The second-order valence-electron chi connectivity index (χ2n) is 3.54. The van der Waals surface area contributed by atoms with Crippen LogP contribution >= 0.6 is 0 Å². The molecule has 84 valence electrons. The summed E-state index contributed by atoms with van der Waals surface area (Å²) >= 11 is 0. The molecule has 0 spiro atoms. The second-order valence-corrected chi connectivity index (χ2v) is 3.54. The zero-order valence-electron chi connectivity index (χ0n) is 8.96. The van der Waals surface area contributed by atoms with E-state index >= 15 is 0 Å². The maximum absolute atomic E-state index is 13.6. The zero-order valence-corrected chi connectivity index (χ0v) is 8.96. The van der Waals surface area contributed by atoms with Crippen molar-refractivity contribution in [2.75, 3.05) is 5.32 Å². The summed E-state index contributed by atoms with van der Waals surface area (Å²) in [5.74, 6) is -0.836. The lowest BCUT2D eigenvalue weighted by atomic mass is 10.2. The van der Waals surface area contributed by atoms with Crippen molar-refractivity contribution >= 4 is 11.6 Å². The maximum Gasteiger partial charge on any atom is 0.207 e. The molecule has 1 aromatic heterocycles. The molecule has 5 heteroatoms. The van der Waals surface area contributed by atoms with Gasteiger partial charge in [-0.3, -0.25) is 0 Å². The molecule has 2 aromatic rings. The number of anilines is 2. The van der Waals surface area contributed by atoms with E-state index < -0.39 is 11.6 Å². The van der Waals surface area contributed by atoms with Crippen molar-refractivity contribution in [3.63, 3.8) is 0 Å². The summed E-state index contributed by atoms with van der Waals surface area (Å²) in [6.07, 6.45) is 3.24. The highest BCUT2D eigenvalue weighted by Crippen LogP contribution is 2.24. The molecule has 1 N–H and O–H groups in total. The first kappa shape index (κ1) is 10.6. The Hall–Kier alpha value is -1.91. The minimum atomic E-state index is -0.633. The minimum Gasteiger partial charge on any atom is -0.321 e. The summed E-state index contributed by atoms with van der Waals surface area (Å²) < 4.78 is 28.7. The van der Waals surface area contributed by atoms with Gasteiger partial charge in [-0.2, -0.15) is 0 Å². The Bertz CT molecular complexity index is 520. The molecule has 0 radical (unpaired) electrons. The predicted octanol–water partition coefficient (Wildman–Crippen LogP) is 2.75. The SMILES string of the molecule is Cc1ccc(F)c(Nc2nccn2C)c1F. The molecule has 1 heterocycles. The van der Waals surface area contributed by atoms with Gasteiger partial charge >= 0.3 is 0 Å². The van der Waals surface area contributed by atoms with E-state index in [4.69, 9.17) is 0 Å². The fraction of sp³-hybridized carbons (Fsp3) is 0.182. The molecule has 0 fully saturated rings. The van der Waals surface area contributed by atoms with Crippen LogP contribution in [-0.2, 0) is 7.05 Å². The largest absolute Gasteiger partial charge is 0.321 e. The molecule has 0 aliphatic rings. The van der Waals surface area contributed by atoms with Crippen LogP contribution in [-0.4, -0.2) is 9.55 Å². The average molecular weight is 223 g/mol. The lowest BCUT2D eigenvalue weighted by Crippen LogP contribution is -2.03. The quantitative estimate of drug-likeness (QED) is 0.848. The van der Waals surface area contributed by atoms with Gasteiger partial charge in [-0.25, -0.2) is 13.8 Å². The fourth-order valence-corrected chi connectivity index (χ4v) is 1.37. The van der Waals surface area contributed by atoms with Crippen LogP contribution in [0.3, 0.4) is 0 Å². The standard InChI is InChI=1S/C11H11F2N3/c1-7-3-4-8(12)10(9(7)13)15-11-14-5-6-16(11)2/h3-6H,1-2H3,(H,14,15). The van der Waals surface area contributed by atoms with Crippen molar-refractivity contribution in [2.45, 2.75) is 6.92 Å². The third-order valence-electron chi connectivity index (χ3n) is 2.34. The van der Waals surface area contributed by atoms with E-state index in [2.05, 4.69) is 10.3 Å². The minimum absolute atomic E-state index is 0.172. The molecule has 0 saturated carbocycles. The van der Waals surface area contributed by atoms with E-state index in [1.807, 2.05) is 0 Å². The number of aromatic nitrogens is 2. The van der Waals surface area contributed by atoms with E-state index in [0.29, 0.717) is 11.5 Å². The maximum atomic E-state index is 13.6. The van der Waals surface area contributed by atoms with Crippen LogP contribution in [0.4, 0.5) is 20.4 Å². The summed E-state index contributed by atoms with van der Waals surface area (Å²) in [6.45, 7) is 1.58. The zero-order chi connectivity index (χ0) is 11.7.